The lowest BCUT2D eigenvalue weighted by Crippen LogP contribution is -2.48. The molecule has 6 heteroatoms. The van der Waals surface area contributed by atoms with Gasteiger partial charge >= 0.3 is 12.0 Å². The van der Waals surface area contributed by atoms with Crippen LogP contribution in [0.3, 0.4) is 0 Å². The largest absolute Gasteiger partial charge is 0.480 e. The molecule has 1 atom stereocenters. The number of hydrogen-bond acceptors (Lipinski definition) is 3. The summed E-state index contributed by atoms with van der Waals surface area (Å²) in [6.07, 6.45) is 2.10. The Labute approximate surface area is 102 Å². The molecule has 0 saturated heterocycles. The molecule has 6 nitrogen and oxygen atoms in total. The molecular weight excluding hydrogens is 224 g/mol. The summed E-state index contributed by atoms with van der Waals surface area (Å²) in [6, 6.07) is -1.30. The molecule has 0 aromatic heterocycles. The average Bonchev–Trinajstić information content (AvgIpc) is 2.30. The number of rotatable bonds is 8. The Morgan fingerprint density at radius 1 is 1.29 bits per heavy atom. The maximum absolute atomic E-state index is 11.8. The zero-order valence-corrected chi connectivity index (χ0v) is 10.5. The van der Waals surface area contributed by atoms with E-state index in [0.717, 1.165) is 12.8 Å². The first-order valence-electron chi connectivity index (χ1n) is 5.95. The zero-order valence-electron chi connectivity index (χ0n) is 10.5. The minimum absolute atomic E-state index is 0.124. The van der Waals surface area contributed by atoms with Crippen LogP contribution in [0, 0.1) is 0 Å². The van der Waals surface area contributed by atoms with Gasteiger partial charge < -0.3 is 20.4 Å². The normalized spacial score (nSPS) is 11.9. The molecule has 0 aromatic carbocycles. The highest BCUT2D eigenvalue weighted by molar-refractivity contribution is 5.82. The van der Waals surface area contributed by atoms with Crippen molar-refractivity contribution in [2.24, 2.45) is 0 Å². The summed E-state index contributed by atoms with van der Waals surface area (Å²) in [5.41, 5.74) is 0. The first-order chi connectivity index (χ1) is 8.06. The lowest BCUT2D eigenvalue weighted by atomic mass is 10.2. The lowest BCUT2D eigenvalue weighted by molar-refractivity contribution is -0.139. The van der Waals surface area contributed by atoms with Crippen molar-refractivity contribution >= 4 is 12.0 Å². The molecule has 0 heterocycles. The van der Waals surface area contributed by atoms with E-state index in [2.05, 4.69) is 5.32 Å². The number of urea groups is 1. The second kappa shape index (κ2) is 8.81. The van der Waals surface area contributed by atoms with Crippen molar-refractivity contribution < 1.29 is 19.8 Å². The molecule has 0 unspecified atom stereocenters. The molecule has 0 aromatic rings. The molecule has 0 fully saturated rings. The maximum atomic E-state index is 11.8. The van der Waals surface area contributed by atoms with Crippen molar-refractivity contribution in [3.05, 3.63) is 0 Å². The number of carbonyl (C=O) groups is 2. The fraction of sp³-hybridized carbons (Fsp3) is 0.818. The summed E-state index contributed by atoms with van der Waals surface area (Å²) in [5.74, 6) is -1.04. The number of amides is 2. The fourth-order valence-electron chi connectivity index (χ4n) is 1.36. The third-order valence-electron chi connectivity index (χ3n) is 2.44. The van der Waals surface area contributed by atoms with Gasteiger partial charge in [-0.1, -0.05) is 20.3 Å². The number of carboxylic acid groups (broad SMARTS) is 1. The van der Waals surface area contributed by atoms with Gasteiger partial charge in [0.1, 0.15) is 6.04 Å². The van der Waals surface area contributed by atoms with Gasteiger partial charge in [-0.15, -0.1) is 0 Å². The van der Waals surface area contributed by atoms with Crippen molar-refractivity contribution in [1.82, 2.24) is 10.2 Å². The van der Waals surface area contributed by atoms with E-state index in [1.54, 1.807) is 6.92 Å². The number of aliphatic hydroxyl groups excluding tert-OH is 1. The van der Waals surface area contributed by atoms with Crippen LogP contribution in [0.5, 0.6) is 0 Å². The number of unbranched alkanes of at least 4 members (excludes halogenated alkanes) is 1. The Morgan fingerprint density at radius 3 is 2.35 bits per heavy atom. The van der Waals surface area contributed by atoms with Gasteiger partial charge in [0.25, 0.3) is 0 Å². The van der Waals surface area contributed by atoms with Gasteiger partial charge in [0.2, 0.25) is 0 Å². The van der Waals surface area contributed by atoms with E-state index < -0.39 is 18.0 Å². The van der Waals surface area contributed by atoms with Gasteiger partial charge in [0, 0.05) is 13.1 Å². The minimum atomic E-state index is -1.04. The highest BCUT2D eigenvalue weighted by Gasteiger charge is 2.20. The molecular formula is C11H22N2O4. The van der Waals surface area contributed by atoms with Gasteiger partial charge in [-0.25, -0.2) is 9.59 Å². The van der Waals surface area contributed by atoms with Crippen molar-refractivity contribution in [3.63, 3.8) is 0 Å². The predicted molar refractivity (Wildman–Crippen MR) is 63.8 cm³/mol. The Morgan fingerprint density at radius 2 is 1.94 bits per heavy atom. The van der Waals surface area contributed by atoms with Crippen LogP contribution < -0.4 is 5.32 Å². The van der Waals surface area contributed by atoms with Gasteiger partial charge in [-0.3, -0.25) is 0 Å². The number of aliphatic hydroxyl groups is 1. The molecule has 0 aliphatic rings. The summed E-state index contributed by atoms with van der Waals surface area (Å²) in [4.78, 5) is 24.0. The maximum Gasteiger partial charge on any atom is 0.326 e. The molecule has 0 aliphatic carbocycles. The smallest absolute Gasteiger partial charge is 0.326 e. The van der Waals surface area contributed by atoms with Crippen LogP contribution in [0.4, 0.5) is 4.79 Å². The van der Waals surface area contributed by atoms with Crippen LogP contribution in [0.2, 0.25) is 0 Å². The summed E-state index contributed by atoms with van der Waals surface area (Å²) in [5, 5.41) is 20.1. The average molecular weight is 246 g/mol. The number of nitrogens with one attached hydrogen (secondary N) is 1. The summed E-state index contributed by atoms with van der Waals surface area (Å²) in [6.45, 7) is 4.32. The second-order valence-electron chi connectivity index (χ2n) is 3.81. The summed E-state index contributed by atoms with van der Waals surface area (Å²) >= 11 is 0. The minimum Gasteiger partial charge on any atom is -0.480 e. The molecule has 0 spiro atoms. The molecule has 0 aliphatic heterocycles. The van der Waals surface area contributed by atoms with Crippen LogP contribution in [-0.2, 0) is 4.79 Å². The van der Waals surface area contributed by atoms with Crippen LogP contribution >= 0.6 is 0 Å². The Balaban J connectivity index is 4.33. The van der Waals surface area contributed by atoms with Crippen LogP contribution in [0.1, 0.15) is 33.1 Å². The standard InChI is InChI=1S/C11H22N2O4/c1-3-5-6-13(7-8-14)11(17)12-9(4-2)10(15)16/h9,14H,3-8H2,1-2H3,(H,12,17)(H,15,16)/t9-/m0/s1. The fourth-order valence-corrected chi connectivity index (χ4v) is 1.36. The van der Waals surface area contributed by atoms with Crippen molar-refractivity contribution in [3.8, 4) is 0 Å². The number of carboxylic acids is 1. The van der Waals surface area contributed by atoms with Crippen molar-refractivity contribution in [1.29, 1.82) is 0 Å². The molecule has 17 heavy (non-hydrogen) atoms. The van der Waals surface area contributed by atoms with E-state index in [0.29, 0.717) is 13.0 Å². The van der Waals surface area contributed by atoms with Gasteiger partial charge in [-0.05, 0) is 12.8 Å². The van der Waals surface area contributed by atoms with Crippen molar-refractivity contribution in [2.75, 3.05) is 19.7 Å². The molecule has 0 rings (SSSR count). The Kier molecular flexibility index (Phi) is 8.13. The zero-order chi connectivity index (χ0) is 13.3. The predicted octanol–water partition coefficient (Wildman–Crippen LogP) is 0.654. The highest BCUT2D eigenvalue weighted by Crippen LogP contribution is 1.98. The first kappa shape index (κ1) is 15.7. The monoisotopic (exact) mass is 246 g/mol. The second-order valence-corrected chi connectivity index (χ2v) is 3.81. The molecule has 3 N–H and O–H groups in total. The number of aliphatic carboxylic acids is 1. The van der Waals surface area contributed by atoms with Crippen LogP contribution in [0.25, 0.3) is 0 Å². The third-order valence-corrected chi connectivity index (χ3v) is 2.44. The van der Waals surface area contributed by atoms with E-state index in [-0.39, 0.29) is 13.2 Å². The Bertz CT molecular complexity index is 246. The first-order valence-corrected chi connectivity index (χ1v) is 5.95. The van der Waals surface area contributed by atoms with E-state index >= 15 is 0 Å². The van der Waals surface area contributed by atoms with Crippen molar-refractivity contribution in [2.45, 2.75) is 39.2 Å². The third kappa shape index (κ3) is 6.11. The topological polar surface area (TPSA) is 89.9 Å². The van der Waals surface area contributed by atoms with E-state index in [9.17, 15) is 9.59 Å². The molecule has 0 saturated carbocycles. The number of nitrogens with zero attached hydrogens (tertiary/aromatic N) is 1. The van der Waals surface area contributed by atoms with Gasteiger partial charge in [-0.2, -0.15) is 0 Å². The van der Waals surface area contributed by atoms with Crippen LogP contribution in [0.15, 0.2) is 0 Å². The molecule has 0 radical (unpaired) electrons. The SMILES string of the molecule is CCCCN(CCO)C(=O)N[C@@H](CC)C(=O)O. The number of carbonyl (C=O) groups excluding carboxylic acids is 1. The van der Waals surface area contributed by atoms with E-state index in [1.807, 2.05) is 6.92 Å². The molecule has 0 bridgehead atoms. The van der Waals surface area contributed by atoms with E-state index in [4.69, 9.17) is 10.2 Å². The highest BCUT2D eigenvalue weighted by atomic mass is 16.4. The quantitative estimate of drug-likeness (QED) is 0.586. The van der Waals surface area contributed by atoms with Crippen LogP contribution in [-0.4, -0.2) is 52.9 Å². The van der Waals surface area contributed by atoms with Gasteiger partial charge in [0.05, 0.1) is 6.61 Å². The lowest BCUT2D eigenvalue weighted by Gasteiger charge is -2.24. The summed E-state index contributed by atoms with van der Waals surface area (Å²) in [7, 11) is 0. The number of hydrogen-bond donors (Lipinski definition) is 3. The van der Waals surface area contributed by atoms with E-state index in [1.165, 1.54) is 4.90 Å². The molecule has 2 amide bonds. The Hall–Kier alpha value is -1.30. The van der Waals surface area contributed by atoms with Gasteiger partial charge in [0.15, 0.2) is 0 Å². The molecule has 100 valence electrons. The summed E-state index contributed by atoms with van der Waals surface area (Å²) < 4.78 is 0.